The summed E-state index contributed by atoms with van der Waals surface area (Å²) < 4.78 is 2.75. The Morgan fingerprint density at radius 3 is 2.64 bits per heavy atom. The van der Waals surface area contributed by atoms with Gasteiger partial charge < -0.3 is 9.88 Å². The zero-order chi connectivity index (χ0) is 17.6. The first kappa shape index (κ1) is 16.1. The topological polar surface area (TPSA) is 34.0 Å². The highest BCUT2D eigenvalue weighted by Crippen LogP contribution is 2.31. The number of carbonyl (C=O) groups excluding carboxylic acids is 1. The Kier molecular flexibility index (Phi) is 3.98. The Bertz CT molecular complexity index is 1060. The number of aryl methyl sites for hydroxylation is 1. The van der Waals surface area contributed by atoms with E-state index in [1.54, 1.807) is 0 Å². The third-order valence-corrected chi connectivity index (χ3v) is 5.57. The predicted molar refractivity (Wildman–Crippen MR) is 109 cm³/mol. The van der Waals surface area contributed by atoms with E-state index in [4.69, 9.17) is 12.2 Å². The molecule has 1 amide bonds. The summed E-state index contributed by atoms with van der Waals surface area (Å²) in [6.45, 7) is 4.17. The van der Waals surface area contributed by atoms with E-state index in [0.29, 0.717) is 9.23 Å². The summed E-state index contributed by atoms with van der Waals surface area (Å²) >= 11 is 6.38. The molecule has 1 N–H and O–H groups in total. The van der Waals surface area contributed by atoms with Crippen molar-refractivity contribution >= 4 is 51.1 Å². The van der Waals surface area contributed by atoms with Crippen LogP contribution in [0.25, 0.3) is 22.5 Å². The van der Waals surface area contributed by atoms with E-state index < -0.39 is 0 Å². The molecule has 1 fully saturated rings. The third kappa shape index (κ3) is 2.79. The van der Waals surface area contributed by atoms with E-state index >= 15 is 0 Å². The molecule has 0 spiro atoms. The number of amides is 1. The van der Waals surface area contributed by atoms with E-state index in [0.717, 1.165) is 22.6 Å². The largest absolute Gasteiger partial charge is 0.317 e. The molecule has 1 aliphatic heterocycles. The van der Waals surface area contributed by atoms with Crippen molar-refractivity contribution in [2.75, 3.05) is 0 Å². The maximum Gasteiger partial charge on any atom is 0.263 e. The maximum atomic E-state index is 11.9. The monoisotopic (exact) mass is 364 g/mol. The fourth-order valence-electron chi connectivity index (χ4n) is 3.27. The van der Waals surface area contributed by atoms with Crippen LogP contribution in [-0.4, -0.2) is 14.8 Å². The van der Waals surface area contributed by atoms with Crippen molar-refractivity contribution in [2.45, 2.75) is 13.8 Å². The van der Waals surface area contributed by atoms with E-state index in [-0.39, 0.29) is 5.91 Å². The molecule has 0 bridgehead atoms. The number of hydrogen-bond donors (Lipinski definition) is 1. The second-order valence-corrected chi connectivity index (χ2v) is 7.73. The minimum atomic E-state index is -0.120. The second-order valence-electron chi connectivity index (χ2n) is 6.01. The van der Waals surface area contributed by atoms with Gasteiger partial charge in [0.25, 0.3) is 5.91 Å². The van der Waals surface area contributed by atoms with Gasteiger partial charge in [-0.15, -0.1) is 0 Å². The number of aromatic nitrogens is 1. The molecule has 0 saturated carbocycles. The first-order valence-electron chi connectivity index (χ1n) is 7.96. The van der Waals surface area contributed by atoms with Gasteiger partial charge in [-0.2, -0.15) is 0 Å². The molecule has 2 aromatic carbocycles. The Hall–Kier alpha value is -2.37. The number of thioether (sulfide) groups is 1. The summed E-state index contributed by atoms with van der Waals surface area (Å²) in [5.74, 6) is -0.120. The number of hydrogen-bond acceptors (Lipinski definition) is 3. The number of nitrogens with one attached hydrogen (secondary N) is 1. The molecule has 124 valence electrons. The van der Waals surface area contributed by atoms with Gasteiger partial charge in [-0.3, -0.25) is 4.79 Å². The van der Waals surface area contributed by atoms with Crippen molar-refractivity contribution < 1.29 is 4.79 Å². The van der Waals surface area contributed by atoms with E-state index in [1.165, 1.54) is 22.5 Å². The third-order valence-electron chi connectivity index (χ3n) is 4.41. The molecule has 4 rings (SSSR count). The quantitative estimate of drug-likeness (QED) is 0.527. The molecular formula is C20H16N2OS2. The van der Waals surface area contributed by atoms with Gasteiger partial charge in [0.2, 0.25) is 0 Å². The van der Waals surface area contributed by atoms with Crippen LogP contribution >= 0.6 is 24.0 Å². The van der Waals surface area contributed by atoms with Crippen LogP contribution in [0.15, 0.2) is 53.4 Å². The number of rotatable bonds is 2. The van der Waals surface area contributed by atoms with Gasteiger partial charge in [-0.05, 0) is 43.0 Å². The van der Waals surface area contributed by atoms with Crippen molar-refractivity contribution in [3.8, 4) is 5.69 Å². The summed E-state index contributed by atoms with van der Waals surface area (Å²) in [4.78, 5) is 12.6. The molecule has 2 heterocycles. The number of nitrogens with zero attached hydrogens (tertiary/aromatic N) is 1. The van der Waals surface area contributed by atoms with Crippen LogP contribution in [0.5, 0.6) is 0 Å². The molecule has 1 aromatic heterocycles. The lowest BCUT2D eigenvalue weighted by molar-refractivity contribution is -0.115. The lowest BCUT2D eigenvalue weighted by Gasteiger charge is -2.13. The number of benzene rings is 2. The molecule has 5 heteroatoms. The lowest BCUT2D eigenvalue weighted by atomic mass is 10.1. The predicted octanol–water partition coefficient (Wildman–Crippen LogP) is 4.74. The summed E-state index contributed by atoms with van der Waals surface area (Å²) in [5, 5.41) is 5.08. The Morgan fingerprint density at radius 1 is 1.12 bits per heavy atom. The van der Waals surface area contributed by atoms with Gasteiger partial charge in [0.15, 0.2) is 0 Å². The average molecular weight is 364 g/mol. The molecule has 3 nitrogen and oxygen atoms in total. The van der Waals surface area contributed by atoms with Crippen LogP contribution in [0, 0.1) is 13.8 Å². The molecule has 0 radical (unpaired) electrons. The standard InChI is InChI=1S/C20H16N2OS2/c1-12-10-15(11-18-19(23)21-20(24)25-18)13(2)22(12)17-9-5-7-14-6-3-4-8-16(14)17/h3-11H,1-2H3,(H,21,23,24)/b18-11-. The minimum Gasteiger partial charge on any atom is -0.317 e. The van der Waals surface area contributed by atoms with Crippen LogP contribution in [-0.2, 0) is 4.79 Å². The summed E-state index contributed by atoms with van der Waals surface area (Å²) in [6.07, 6.45) is 1.92. The summed E-state index contributed by atoms with van der Waals surface area (Å²) in [5.41, 5.74) is 4.42. The van der Waals surface area contributed by atoms with Crippen molar-refractivity contribution in [2.24, 2.45) is 0 Å². The van der Waals surface area contributed by atoms with E-state index in [1.807, 2.05) is 6.08 Å². The summed E-state index contributed by atoms with van der Waals surface area (Å²) in [7, 11) is 0. The number of thiocarbonyl (C=S) groups is 1. The molecule has 1 saturated heterocycles. The van der Waals surface area contributed by atoms with Crippen LogP contribution in [0.1, 0.15) is 17.0 Å². The highest BCUT2D eigenvalue weighted by atomic mass is 32.2. The Balaban J connectivity index is 1.87. The molecule has 1 aliphatic rings. The fourth-order valence-corrected chi connectivity index (χ4v) is 4.31. The zero-order valence-corrected chi connectivity index (χ0v) is 15.5. The van der Waals surface area contributed by atoms with Crippen molar-refractivity contribution in [3.63, 3.8) is 0 Å². The van der Waals surface area contributed by atoms with Gasteiger partial charge in [0.1, 0.15) is 4.32 Å². The summed E-state index contributed by atoms with van der Waals surface area (Å²) in [6, 6.07) is 16.8. The van der Waals surface area contributed by atoms with Gasteiger partial charge in [-0.25, -0.2) is 0 Å². The first-order valence-corrected chi connectivity index (χ1v) is 9.19. The molecule has 3 aromatic rings. The van der Waals surface area contributed by atoms with Crippen molar-refractivity contribution in [1.29, 1.82) is 0 Å². The van der Waals surface area contributed by atoms with Crippen LogP contribution in [0.2, 0.25) is 0 Å². The SMILES string of the molecule is Cc1cc(/C=C2\SC(=S)NC2=O)c(C)n1-c1cccc2ccccc12. The first-order chi connectivity index (χ1) is 12.0. The van der Waals surface area contributed by atoms with Gasteiger partial charge in [0, 0.05) is 16.8 Å². The zero-order valence-electron chi connectivity index (χ0n) is 13.9. The van der Waals surface area contributed by atoms with Gasteiger partial charge in [0.05, 0.1) is 10.6 Å². The second kappa shape index (κ2) is 6.17. The number of fused-ring (bicyclic) bond motifs is 1. The van der Waals surface area contributed by atoms with Crippen LogP contribution in [0.3, 0.4) is 0 Å². The van der Waals surface area contributed by atoms with Crippen LogP contribution < -0.4 is 5.32 Å². The van der Waals surface area contributed by atoms with Crippen molar-refractivity contribution in [3.05, 3.63) is 70.4 Å². The lowest BCUT2D eigenvalue weighted by Crippen LogP contribution is -2.17. The van der Waals surface area contributed by atoms with Gasteiger partial charge in [-0.1, -0.05) is 60.4 Å². The highest BCUT2D eigenvalue weighted by molar-refractivity contribution is 8.26. The average Bonchev–Trinajstić information content (AvgIpc) is 3.05. The smallest absolute Gasteiger partial charge is 0.263 e. The molecule has 0 aliphatic carbocycles. The maximum absolute atomic E-state index is 11.9. The van der Waals surface area contributed by atoms with Crippen LogP contribution in [0.4, 0.5) is 0 Å². The Morgan fingerprint density at radius 2 is 1.88 bits per heavy atom. The molecule has 25 heavy (non-hydrogen) atoms. The molecule has 0 unspecified atom stereocenters. The fraction of sp³-hybridized carbons (Fsp3) is 0.100. The normalized spacial score (nSPS) is 16.0. The number of carbonyl (C=O) groups is 1. The molecular weight excluding hydrogens is 348 g/mol. The minimum absolute atomic E-state index is 0.120. The Labute approximate surface area is 155 Å². The van der Waals surface area contributed by atoms with Crippen molar-refractivity contribution in [1.82, 2.24) is 9.88 Å². The molecule has 0 atom stereocenters. The van der Waals surface area contributed by atoms with E-state index in [2.05, 4.69) is 72.3 Å². The highest BCUT2D eigenvalue weighted by Gasteiger charge is 2.23. The van der Waals surface area contributed by atoms with E-state index in [9.17, 15) is 4.79 Å². The van der Waals surface area contributed by atoms with Gasteiger partial charge >= 0.3 is 0 Å².